The maximum Gasteiger partial charge on any atom is 0.314 e. The summed E-state index contributed by atoms with van der Waals surface area (Å²) in [5, 5.41) is 9.74. The average molecular weight is 342 g/mol. The number of carbonyl (C=O) groups excluding carboxylic acids is 2. The molecular formula is C18H30O6. The monoisotopic (exact) mass is 342 g/mol. The molecule has 24 heavy (non-hydrogen) atoms. The van der Waals surface area contributed by atoms with Gasteiger partial charge in [0.2, 0.25) is 0 Å². The summed E-state index contributed by atoms with van der Waals surface area (Å²) >= 11 is 0. The van der Waals surface area contributed by atoms with Crippen LogP contribution in [0.1, 0.15) is 60.3 Å². The molecule has 0 radical (unpaired) electrons. The van der Waals surface area contributed by atoms with Crippen LogP contribution < -0.4 is 0 Å². The number of ether oxygens (including phenoxy) is 2. The summed E-state index contributed by atoms with van der Waals surface area (Å²) in [6, 6.07) is 0. The summed E-state index contributed by atoms with van der Waals surface area (Å²) in [7, 11) is 1.25. The van der Waals surface area contributed by atoms with Crippen LogP contribution >= 0.6 is 0 Å². The smallest absolute Gasteiger partial charge is 0.314 e. The summed E-state index contributed by atoms with van der Waals surface area (Å²) in [5.74, 6) is -3.38. The van der Waals surface area contributed by atoms with Crippen molar-refractivity contribution >= 4 is 17.9 Å². The van der Waals surface area contributed by atoms with Crippen molar-refractivity contribution in [2.45, 2.75) is 60.3 Å². The maximum absolute atomic E-state index is 13.0. The van der Waals surface area contributed by atoms with Gasteiger partial charge in [0.25, 0.3) is 0 Å². The number of aliphatic carboxylic acids is 1. The highest BCUT2D eigenvalue weighted by molar-refractivity contribution is 5.94. The van der Waals surface area contributed by atoms with Crippen molar-refractivity contribution in [3.05, 3.63) is 0 Å². The van der Waals surface area contributed by atoms with Crippen LogP contribution in [0.4, 0.5) is 0 Å². The zero-order chi connectivity index (χ0) is 18.8. The highest BCUT2D eigenvalue weighted by Gasteiger charge is 2.74. The van der Waals surface area contributed by atoms with E-state index in [-0.39, 0.29) is 6.61 Å². The van der Waals surface area contributed by atoms with Gasteiger partial charge < -0.3 is 14.6 Å². The highest BCUT2D eigenvalue weighted by atomic mass is 16.5. The number of carbonyl (C=O) groups is 3. The predicted octanol–water partition coefficient (Wildman–Crippen LogP) is 3.04. The lowest BCUT2D eigenvalue weighted by Crippen LogP contribution is -2.61. The largest absolute Gasteiger partial charge is 0.481 e. The van der Waals surface area contributed by atoms with Crippen LogP contribution in [0, 0.1) is 22.2 Å². The molecule has 6 nitrogen and oxygen atoms in total. The van der Waals surface area contributed by atoms with E-state index in [9.17, 15) is 19.5 Å². The molecule has 1 saturated heterocycles. The molecule has 0 bridgehead atoms. The van der Waals surface area contributed by atoms with E-state index < -0.39 is 40.1 Å². The number of hydrogen-bond donors (Lipinski definition) is 1. The molecule has 138 valence electrons. The third-order valence-electron chi connectivity index (χ3n) is 6.03. The van der Waals surface area contributed by atoms with E-state index in [1.807, 2.05) is 13.8 Å². The molecule has 0 aromatic carbocycles. The van der Waals surface area contributed by atoms with E-state index in [4.69, 9.17) is 9.47 Å². The zero-order valence-corrected chi connectivity index (χ0v) is 15.6. The Labute approximate surface area is 143 Å². The van der Waals surface area contributed by atoms with Gasteiger partial charge in [0.1, 0.15) is 5.41 Å². The Balaban J connectivity index is 3.73. The first-order chi connectivity index (χ1) is 11.1. The normalized spacial score (nSPS) is 28.3. The van der Waals surface area contributed by atoms with Gasteiger partial charge in [-0.3, -0.25) is 14.4 Å². The molecule has 1 aliphatic heterocycles. The second-order valence-corrected chi connectivity index (χ2v) is 7.30. The minimum atomic E-state index is -1.47. The molecule has 3 atom stereocenters. The first-order valence-electron chi connectivity index (χ1n) is 8.57. The molecule has 1 aliphatic rings. The van der Waals surface area contributed by atoms with Crippen LogP contribution in [0.5, 0.6) is 0 Å². The standard InChI is InChI=1S/C18H30O6/c1-7-9-10-17(8-2)11-24-15(22)18(17,12(3)13(19)20)16(4,5)14(21)23-6/h12H,7-11H2,1-6H3,(H,19,20). The summed E-state index contributed by atoms with van der Waals surface area (Å²) in [6.45, 7) is 8.79. The Morgan fingerprint density at radius 2 is 1.96 bits per heavy atom. The molecule has 1 heterocycles. The van der Waals surface area contributed by atoms with Gasteiger partial charge in [-0.25, -0.2) is 0 Å². The topological polar surface area (TPSA) is 89.9 Å². The molecule has 1 N–H and O–H groups in total. The fourth-order valence-corrected chi connectivity index (χ4v) is 4.69. The van der Waals surface area contributed by atoms with E-state index in [2.05, 4.69) is 0 Å². The second-order valence-electron chi connectivity index (χ2n) is 7.30. The van der Waals surface area contributed by atoms with Gasteiger partial charge in [-0.15, -0.1) is 0 Å². The summed E-state index contributed by atoms with van der Waals surface area (Å²) in [4.78, 5) is 37.4. The number of cyclic esters (lactones) is 1. The van der Waals surface area contributed by atoms with Gasteiger partial charge in [-0.2, -0.15) is 0 Å². The fraction of sp³-hybridized carbons (Fsp3) is 0.833. The van der Waals surface area contributed by atoms with E-state index in [1.165, 1.54) is 14.0 Å². The Morgan fingerprint density at radius 3 is 2.38 bits per heavy atom. The number of unbranched alkanes of at least 4 members (excludes halogenated alkanes) is 1. The molecule has 1 fully saturated rings. The first-order valence-corrected chi connectivity index (χ1v) is 8.57. The Kier molecular flexibility index (Phi) is 6.06. The van der Waals surface area contributed by atoms with E-state index in [0.29, 0.717) is 12.8 Å². The quantitative estimate of drug-likeness (QED) is 0.682. The van der Waals surface area contributed by atoms with E-state index in [0.717, 1.165) is 12.8 Å². The number of carboxylic acid groups (broad SMARTS) is 1. The molecule has 0 aromatic heterocycles. The van der Waals surface area contributed by atoms with Crippen molar-refractivity contribution in [3.63, 3.8) is 0 Å². The van der Waals surface area contributed by atoms with Gasteiger partial charge in [0.15, 0.2) is 0 Å². The molecule has 0 aliphatic carbocycles. The predicted molar refractivity (Wildman–Crippen MR) is 88.2 cm³/mol. The Bertz CT molecular complexity index is 512. The van der Waals surface area contributed by atoms with Gasteiger partial charge in [-0.05, 0) is 26.7 Å². The first kappa shape index (κ1) is 20.5. The number of rotatable bonds is 8. The van der Waals surface area contributed by atoms with Crippen LogP contribution in [0.2, 0.25) is 0 Å². The number of esters is 2. The van der Waals surface area contributed by atoms with Gasteiger partial charge in [-0.1, -0.05) is 33.6 Å². The van der Waals surface area contributed by atoms with Gasteiger partial charge >= 0.3 is 17.9 Å². The summed E-state index contributed by atoms with van der Waals surface area (Å²) in [5.41, 5.74) is -3.50. The highest BCUT2D eigenvalue weighted by Crippen LogP contribution is 2.64. The molecule has 1 rings (SSSR count). The SMILES string of the molecule is CCCCC1(CC)COC(=O)C1(C(C)C(=O)O)C(C)(C)C(=O)OC. The van der Waals surface area contributed by atoms with Crippen molar-refractivity contribution in [1.82, 2.24) is 0 Å². The Hall–Kier alpha value is -1.59. The van der Waals surface area contributed by atoms with Crippen LogP contribution in [-0.2, 0) is 23.9 Å². The minimum Gasteiger partial charge on any atom is -0.481 e. The molecule has 0 spiro atoms. The van der Waals surface area contributed by atoms with Crippen molar-refractivity contribution in [2.75, 3.05) is 13.7 Å². The van der Waals surface area contributed by atoms with Crippen LogP contribution in [0.3, 0.4) is 0 Å². The van der Waals surface area contributed by atoms with Crippen LogP contribution in [-0.4, -0.2) is 36.7 Å². The third-order valence-corrected chi connectivity index (χ3v) is 6.03. The number of hydrogen-bond acceptors (Lipinski definition) is 5. The second kappa shape index (κ2) is 7.11. The maximum atomic E-state index is 13.0. The average Bonchev–Trinajstić information content (AvgIpc) is 2.85. The molecule has 0 saturated carbocycles. The van der Waals surface area contributed by atoms with Crippen LogP contribution in [0.25, 0.3) is 0 Å². The van der Waals surface area contributed by atoms with Gasteiger partial charge in [0, 0.05) is 5.41 Å². The van der Waals surface area contributed by atoms with Gasteiger partial charge in [0.05, 0.1) is 25.0 Å². The van der Waals surface area contributed by atoms with Crippen molar-refractivity contribution in [2.24, 2.45) is 22.2 Å². The van der Waals surface area contributed by atoms with Crippen molar-refractivity contribution in [3.8, 4) is 0 Å². The molecule has 0 amide bonds. The van der Waals surface area contributed by atoms with Crippen LogP contribution in [0.15, 0.2) is 0 Å². The number of carboxylic acids is 1. The summed E-state index contributed by atoms with van der Waals surface area (Å²) < 4.78 is 10.3. The zero-order valence-electron chi connectivity index (χ0n) is 15.6. The lowest BCUT2D eigenvalue weighted by molar-refractivity contribution is -0.188. The van der Waals surface area contributed by atoms with Crippen molar-refractivity contribution < 1.29 is 29.0 Å². The lowest BCUT2D eigenvalue weighted by Gasteiger charge is -2.51. The third kappa shape index (κ3) is 2.60. The minimum absolute atomic E-state index is 0.139. The van der Waals surface area contributed by atoms with E-state index >= 15 is 0 Å². The molecule has 6 heteroatoms. The number of methoxy groups -OCH3 is 1. The Morgan fingerprint density at radius 1 is 1.38 bits per heavy atom. The molecule has 0 aromatic rings. The fourth-order valence-electron chi connectivity index (χ4n) is 4.69. The lowest BCUT2D eigenvalue weighted by atomic mass is 9.46. The molecular weight excluding hydrogens is 312 g/mol. The van der Waals surface area contributed by atoms with E-state index in [1.54, 1.807) is 13.8 Å². The van der Waals surface area contributed by atoms with Crippen molar-refractivity contribution in [1.29, 1.82) is 0 Å². The molecule has 3 unspecified atom stereocenters. The summed E-state index contributed by atoms with van der Waals surface area (Å²) in [6.07, 6.45) is 2.92.